The molecule has 2 heteroatoms. The molecular formula is C6H8NZn-. The molecule has 0 atom stereocenters. The summed E-state index contributed by atoms with van der Waals surface area (Å²) >= 11 is 0. The second-order valence-electron chi connectivity index (χ2n) is 1.63. The molecule has 0 amide bonds. The monoisotopic (exact) mass is 158 g/mol. The van der Waals surface area contributed by atoms with E-state index in [1.807, 2.05) is 25.4 Å². The third-order valence-electron chi connectivity index (χ3n) is 0.922. The average Bonchev–Trinajstić information content (AvgIpc) is 1.69. The maximum Gasteiger partial charge on any atom is 0.00187 e. The van der Waals surface area contributed by atoms with E-state index in [-0.39, 0.29) is 19.5 Å². The molecule has 1 nitrogen and oxygen atoms in total. The second kappa shape index (κ2) is 3.85. The van der Waals surface area contributed by atoms with Crippen LogP contribution in [0.4, 0.5) is 0 Å². The largest absolute Gasteiger partial charge is 0.455 e. The summed E-state index contributed by atoms with van der Waals surface area (Å²) in [5.74, 6) is 0. The predicted molar refractivity (Wildman–Crippen MR) is 29.6 cm³/mol. The van der Waals surface area contributed by atoms with E-state index >= 15 is 0 Å². The summed E-state index contributed by atoms with van der Waals surface area (Å²) < 4.78 is 0. The Labute approximate surface area is 62.8 Å². The minimum atomic E-state index is 0. The molecule has 1 rings (SSSR count). The zero-order valence-corrected chi connectivity index (χ0v) is 8.06. The van der Waals surface area contributed by atoms with Crippen molar-refractivity contribution in [2.24, 2.45) is 0 Å². The van der Waals surface area contributed by atoms with Crippen LogP contribution in [0, 0.1) is 6.08 Å². The Morgan fingerprint density at radius 1 is 1.62 bits per heavy atom. The van der Waals surface area contributed by atoms with E-state index in [0.717, 1.165) is 6.54 Å². The Balaban J connectivity index is 0.000000490. The van der Waals surface area contributed by atoms with Crippen molar-refractivity contribution in [2.45, 2.75) is 0 Å². The molecule has 0 aliphatic carbocycles. The van der Waals surface area contributed by atoms with Crippen LogP contribution < -0.4 is 0 Å². The fraction of sp³-hybridized carbons (Fsp3) is 0.333. The van der Waals surface area contributed by atoms with Gasteiger partial charge >= 0.3 is 0 Å². The van der Waals surface area contributed by atoms with E-state index in [9.17, 15) is 0 Å². The molecule has 0 N–H and O–H groups in total. The summed E-state index contributed by atoms with van der Waals surface area (Å²) in [6.45, 7) is 0.997. The molecule has 0 spiro atoms. The van der Waals surface area contributed by atoms with E-state index in [1.165, 1.54) is 0 Å². The van der Waals surface area contributed by atoms with Gasteiger partial charge in [0.2, 0.25) is 0 Å². The third kappa shape index (κ3) is 2.27. The molecule has 1 heterocycles. The first-order valence-electron chi connectivity index (χ1n) is 2.34. The minimum Gasteiger partial charge on any atom is -0.455 e. The van der Waals surface area contributed by atoms with Crippen molar-refractivity contribution in [1.29, 1.82) is 0 Å². The van der Waals surface area contributed by atoms with Crippen molar-refractivity contribution in [2.75, 3.05) is 13.6 Å². The number of allylic oxidation sites excluding steroid dienone is 2. The normalized spacial score (nSPS) is 15.9. The molecule has 0 aromatic carbocycles. The molecule has 0 saturated heterocycles. The van der Waals surface area contributed by atoms with Crippen LogP contribution in [0.2, 0.25) is 0 Å². The first-order valence-corrected chi connectivity index (χ1v) is 2.34. The zero-order valence-electron chi connectivity index (χ0n) is 5.09. The Bertz CT molecular complexity index is 107. The first-order chi connectivity index (χ1) is 3.39. The van der Waals surface area contributed by atoms with E-state index in [1.54, 1.807) is 0 Å². The summed E-state index contributed by atoms with van der Waals surface area (Å²) in [4.78, 5) is 2.09. The molecule has 0 saturated carbocycles. The summed E-state index contributed by atoms with van der Waals surface area (Å²) in [5.41, 5.74) is 0. The predicted octanol–water partition coefficient (Wildman–Crippen LogP) is 0.802. The van der Waals surface area contributed by atoms with Crippen molar-refractivity contribution < 1.29 is 19.5 Å². The van der Waals surface area contributed by atoms with E-state index < -0.39 is 0 Å². The molecule has 8 heavy (non-hydrogen) atoms. The van der Waals surface area contributed by atoms with Gasteiger partial charge in [0.1, 0.15) is 0 Å². The fourth-order valence-corrected chi connectivity index (χ4v) is 0.496. The first kappa shape index (κ1) is 7.90. The summed E-state index contributed by atoms with van der Waals surface area (Å²) in [6.07, 6.45) is 8.87. The molecule has 0 bridgehead atoms. The van der Waals surface area contributed by atoms with Crippen LogP contribution in [0.15, 0.2) is 18.4 Å². The molecule has 1 aliphatic heterocycles. The molecule has 0 fully saturated rings. The van der Waals surface area contributed by atoms with Gasteiger partial charge in [-0.15, -0.1) is 6.20 Å². The minimum absolute atomic E-state index is 0. The van der Waals surface area contributed by atoms with Crippen LogP contribution >= 0.6 is 0 Å². The van der Waals surface area contributed by atoms with Crippen LogP contribution in [0.5, 0.6) is 0 Å². The Hall–Kier alpha value is -0.0966. The Morgan fingerprint density at radius 3 is 2.62 bits per heavy atom. The number of hydrogen-bond acceptors (Lipinski definition) is 1. The molecule has 1 aliphatic rings. The van der Waals surface area contributed by atoms with Crippen molar-refractivity contribution in [1.82, 2.24) is 4.90 Å². The number of rotatable bonds is 0. The standard InChI is InChI=1S/C6H8N.Zn/c1-7-5-3-2-4-6-7;/h3-5H,6H2,1H3;/q-1;. The number of hydrogen-bond donors (Lipinski definition) is 0. The van der Waals surface area contributed by atoms with Gasteiger partial charge in [0.15, 0.2) is 0 Å². The van der Waals surface area contributed by atoms with E-state index in [2.05, 4.69) is 11.0 Å². The molecule has 0 unspecified atom stereocenters. The van der Waals surface area contributed by atoms with Crippen molar-refractivity contribution >= 4 is 0 Å². The van der Waals surface area contributed by atoms with Crippen molar-refractivity contribution in [3.8, 4) is 0 Å². The SMILES string of the molecule is CN1C=C[C-]=CC1.[Zn]. The number of nitrogens with zero attached hydrogens (tertiary/aromatic N) is 1. The van der Waals surface area contributed by atoms with Gasteiger partial charge in [-0.05, 0) is 7.05 Å². The average molecular weight is 160 g/mol. The van der Waals surface area contributed by atoms with Crippen LogP contribution in [-0.4, -0.2) is 18.5 Å². The van der Waals surface area contributed by atoms with Gasteiger partial charge in [-0.3, -0.25) is 6.08 Å². The third-order valence-corrected chi connectivity index (χ3v) is 0.922. The quantitative estimate of drug-likeness (QED) is 0.373. The molecule has 0 aromatic rings. The maximum absolute atomic E-state index is 2.97. The topological polar surface area (TPSA) is 3.24 Å². The summed E-state index contributed by atoms with van der Waals surface area (Å²) in [6, 6.07) is 0. The molecular weight excluding hydrogens is 151 g/mol. The summed E-state index contributed by atoms with van der Waals surface area (Å²) in [5, 5.41) is 0. The van der Waals surface area contributed by atoms with Crippen molar-refractivity contribution in [3.63, 3.8) is 0 Å². The summed E-state index contributed by atoms with van der Waals surface area (Å²) in [7, 11) is 2.04. The van der Waals surface area contributed by atoms with Crippen molar-refractivity contribution in [3.05, 3.63) is 24.4 Å². The van der Waals surface area contributed by atoms with E-state index in [0.29, 0.717) is 0 Å². The number of likely N-dealkylation sites (N-methyl/N-ethyl adjacent to an activating group) is 1. The van der Waals surface area contributed by atoms with Crippen LogP contribution in [0.25, 0.3) is 0 Å². The molecule has 0 radical (unpaired) electrons. The zero-order chi connectivity index (χ0) is 5.11. The van der Waals surface area contributed by atoms with Gasteiger partial charge in [-0.2, -0.15) is 6.08 Å². The Morgan fingerprint density at radius 2 is 2.38 bits per heavy atom. The molecule has 0 aromatic heterocycles. The van der Waals surface area contributed by atoms with Gasteiger partial charge < -0.3 is 4.90 Å². The molecule has 40 valence electrons. The fourth-order valence-electron chi connectivity index (χ4n) is 0.496. The van der Waals surface area contributed by atoms with Crippen LogP contribution in [0.3, 0.4) is 0 Å². The van der Waals surface area contributed by atoms with Gasteiger partial charge in [0.25, 0.3) is 0 Å². The maximum atomic E-state index is 2.97. The van der Waals surface area contributed by atoms with Gasteiger partial charge in [-0.1, -0.05) is 0 Å². The second-order valence-corrected chi connectivity index (χ2v) is 1.63. The van der Waals surface area contributed by atoms with Gasteiger partial charge in [0.05, 0.1) is 0 Å². The smallest absolute Gasteiger partial charge is 0.00187 e. The van der Waals surface area contributed by atoms with Gasteiger partial charge in [0, 0.05) is 26.0 Å². The van der Waals surface area contributed by atoms with Crippen LogP contribution in [0.1, 0.15) is 0 Å². The van der Waals surface area contributed by atoms with E-state index in [4.69, 9.17) is 0 Å². The van der Waals surface area contributed by atoms with Gasteiger partial charge in [-0.25, -0.2) is 6.08 Å². The van der Waals surface area contributed by atoms with Crippen LogP contribution in [-0.2, 0) is 19.5 Å². The Kier molecular flexibility index (Phi) is 3.81.